The fourth-order valence-electron chi connectivity index (χ4n) is 1.45. The van der Waals surface area contributed by atoms with E-state index in [9.17, 15) is 31.4 Å². The molecule has 0 saturated heterocycles. The zero-order valence-corrected chi connectivity index (χ0v) is 10.4. The molecule has 0 spiro atoms. The molecule has 0 atom stereocenters. The summed E-state index contributed by atoms with van der Waals surface area (Å²) in [7, 11) is 0. The molecule has 1 aromatic carbocycles. The quantitative estimate of drug-likeness (QED) is 0.766. The van der Waals surface area contributed by atoms with Gasteiger partial charge in [0.2, 0.25) is 0 Å². The third-order valence-corrected chi connectivity index (χ3v) is 2.90. The van der Waals surface area contributed by atoms with Gasteiger partial charge in [0.25, 0.3) is 5.60 Å². The van der Waals surface area contributed by atoms with E-state index >= 15 is 0 Å². The molecular weight excluding hydrogens is 330 g/mol. The van der Waals surface area contributed by atoms with Gasteiger partial charge >= 0.3 is 12.4 Å². The molecule has 1 aromatic rings. The molecule has 1 rings (SSSR count). The SMILES string of the molecule is Cc1ccc(Br)cc1C(O)(C(F)(F)F)C(F)(F)F. The molecule has 0 bridgehead atoms. The molecule has 0 aliphatic rings. The molecule has 0 amide bonds. The zero-order chi connectivity index (χ0) is 14.4. The summed E-state index contributed by atoms with van der Waals surface area (Å²) in [5.41, 5.74) is -6.43. The van der Waals surface area contributed by atoms with Crippen molar-refractivity contribution in [2.75, 3.05) is 0 Å². The minimum Gasteiger partial charge on any atom is -0.369 e. The van der Waals surface area contributed by atoms with Crippen molar-refractivity contribution in [1.82, 2.24) is 0 Å². The second kappa shape index (κ2) is 4.41. The van der Waals surface area contributed by atoms with Crippen molar-refractivity contribution in [3.8, 4) is 0 Å². The van der Waals surface area contributed by atoms with Crippen LogP contribution in [0.5, 0.6) is 0 Å². The lowest BCUT2D eigenvalue weighted by atomic mass is 9.89. The molecule has 0 unspecified atom stereocenters. The molecule has 0 fully saturated rings. The van der Waals surface area contributed by atoms with Crippen LogP contribution >= 0.6 is 15.9 Å². The van der Waals surface area contributed by atoms with Gasteiger partial charge in [-0.25, -0.2) is 0 Å². The Balaban J connectivity index is 3.61. The lowest BCUT2D eigenvalue weighted by molar-refractivity contribution is -0.376. The van der Waals surface area contributed by atoms with E-state index in [0.717, 1.165) is 13.0 Å². The fraction of sp³-hybridized carbons (Fsp3) is 0.400. The van der Waals surface area contributed by atoms with E-state index in [2.05, 4.69) is 15.9 Å². The van der Waals surface area contributed by atoms with Crippen LogP contribution in [0, 0.1) is 6.92 Å². The Hall–Kier alpha value is -0.760. The molecule has 0 aromatic heterocycles. The second-order valence-corrected chi connectivity index (χ2v) is 4.58. The maximum Gasteiger partial charge on any atom is 0.430 e. The second-order valence-electron chi connectivity index (χ2n) is 3.67. The maximum absolute atomic E-state index is 12.6. The van der Waals surface area contributed by atoms with E-state index in [1.807, 2.05) is 0 Å². The smallest absolute Gasteiger partial charge is 0.369 e. The molecular formula is C10H7BrF6O. The van der Waals surface area contributed by atoms with Crippen LogP contribution in [0.2, 0.25) is 0 Å². The molecule has 1 N–H and O–H groups in total. The molecule has 8 heteroatoms. The van der Waals surface area contributed by atoms with Gasteiger partial charge in [0, 0.05) is 10.0 Å². The molecule has 1 nitrogen and oxygen atoms in total. The Labute approximate surface area is 107 Å². The third kappa shape index (κ3) is 2.35. The van der Waals surface area contributed by atoms with Gasteiger partial charge in [-0.1, -0.05) is 22.0 Å². The van der Waals surface area contributed by atoms with Crippen LogP contribution < -0.4 is 0 Å². The van der Waals surface area contributed by atoms with E-state index in [4.69, 9.17) is 0 Å². The molecule has 0 saturated carbocycles. The van der Waals surface area contributed by atoms with Crippen LogP contribution in [-0.4, -0.2) is 17.5 Å². The van der Waals surface area contributed by atoms with Gasteiger partial charge in [0.05, 0.1) is 0 Å². The van der Waals surface area contributed by atoms with E-state index in [1.54, 1.807) is 0 Å². The monoisotopic (exact) mass is 336 g/mol. The van der Waals surface area contributed by atoms with Crippen molar-refractivity contribution in [3.63, 3.8) is 0 Å². The highest BCUT2D eigenvalue weighted by Crippen LogP contribution is 2.51. The number of rotatable bonds is 1. The molecule has 0 radical (unpaired) electrons. The van der Waals surface area contributed by atoms with Crippen LogP contribution in [0.25, 0.3) is 0 Å². The molecule has 0 aliphatic carbocycles. The Morgan fingerprint density at radius 3 is 1.83 bits per heavy atom. The standard InChI is InChI=1S/C10H7BrF6O/c1-5-2-3-6(11)4-7(5)8(18,9(12,13)14)10(15,16)17/h2-4,18H,1H3. The Kier molecular flexibility index (Phi) is 3.75. The van der Waals surface area contributed by atoms with Crippen molar-refractivity contribution in [1.29, 1.82) is 0 Å². The summed E-state index contributed by atoms with van der Waals surface area (Å²) < 4.78 is 75.7. The predicted molar refractivity (Wildman–Crippen MR) is 54.9 cm³/mol. The van der Waals surface area contributed by atoms with Crippen LogP contribution in [0.3, 0.4) is 0 Å². The average molecular weight is 337 g/mol. The molecule has 18 heavy (non-hydrogen) atoms. The highest BCUT2D eigenvalue weighted by molar-refractivity contribution is 9.10. The number of benzene rings is 1. The summed E-state index contributed by atoms with van der Waals surface area (Å²) in [6.45, 7) is 1.06. The van der Waals surface area contributed by atoms with Crippen molar-refractivity contribution < 1.29 is 31.4 Å². The van der Waals surface area contributed by atoms with E-state index in [0.29, 0.717) is 6.07 Å². The van der Waals surface area contributed by atoms with Crippen LogP contribution in [-0.2, 0) is 5.60 Å². The van der Waals surface area contributed by atoms with Gasteiger partial charge < -0.3 is 5.11 Å². The van der Waals surface area contributed by atoms with Gasteiger partial charge in [-0.15, -0.1) is 0 Å². The predicted octanol–water partition coefficient (Wildman–Crippen LogP) is 4.07. The Morgan fingerprint density at radius 1 is 1.00 bits per heavy atom. The zero-order valence-electron chi connectivity index (χ0n) is 8.83. The number of hydrogen-bond acceptors (Lipinski definition) is 1. The van der Waals surface area contributed by atoms with Gasteiger partial charge in [-0.3, -0.25) is 0 Å². The van der Waals surface area contributed by atoms with E-state index in [1.165, 1.54) is 6.07 Å². The van der Waals surface area contributed by atoms with Gasteiger partial charge in [-0.05, 0) is 24.6 Å². The summed E-state index contributed by atoms with van der Waals surface area (Å²) in [5.74, 6) is 0. The first-order chi connectivity index (χ1) is 7.91. The van der Waals surface area contributed by atoms with Crippen LogP contribution in [0.1, 0.15) is 11.1 Å². The lowest BCUT2D eigenvalue weighted by Crippen LogP contribution is -2.54. The molecule has 102 valence electrons. The number of alkyl halides is 6. The summed E-state index contributed by atoms with van der Waals surface area (Å²) in [5, 5.41) is 9.19. The van der Waals surface area contributed by atoms with Crippen molar-refractivity contribution in [2.24, 2.45) is 0 Å². The molecule has 0 aliphatic heterocycles. The molecule has 0 heterocycles. The summed E-state index contributed by atoms with van der Waals surface area (Å²) >= 11 is 2.78. The first-order valence-electron chi connectivity index (χ1n) is 4.53. The van der Waals surface area contributed by atoms with E-state index < -0.39 is 23.5 Å². The fourth-order valence-corrected chi connectivity index (χ4v) is 1.81. The minimum atomic E-state index is -5.86. The highest BCUT2D eigenvalue weighted by Gasteiger charge is 2.71. The lowest BCUT2D eigenvalue weighted by Gasteiger charge is -2.33. The topological polar surface area (TPSA) is 20.2 Å². The van der Waals surface area contributed by atoms with Crippen molar-refractivity contribution in [3.05, 3.63) is 33.8 Å². The highest BCUT2D eigenvalue weighted by atomic mass is 79.9. The summed E-state index contributed by atoms with van der Waals surface area (Å²) in [4.78, 5) is 0. The number of aryl methyl sites for hydroxylation is 1. The third-order valence-electron chi connectivity index (χ3n) is 2.41. The van der Waals surface area contributed by atoms with E-state index in [-0.39, 0.29) is 10.0 Å². The van der Waals surface area contributed by atoms with Crippen molar-refractivity contribution in [2.45, 2.75) is 24.9 Å². The summed E-state index contributed by atoms with van der Waals surface area (Å²) in [6.07, 6.45) is -11.7. The largest absolute Gasteiger partial charge is 0.430 e. The minimum absolute atomic E-state index is 0.00928. The maximum atomic E-state index is 12.6. The number of aliphatic hydroxyl groups is 1. The first kappa shape index (κ1) is 15.3. The van der Waals surface area contributed by atoms with Gasteiger partial charge in [0.1, 0.15) is 0 Å². The normalized spacial score (nSPS) is 13.8. The van der Waals surface area contributed by atoms with Crippen LogP contribution in [0.15, 0.2) is 22.7 Å². The Bertz CT molecular complexity index is 437. The average Bonchev–Trinajstić information content (AvgIpc) is 2.17. The van der Waals surface area contributed by atoms with Crippen LogP contribution in [0.4, 0.5) is 26.3 Å². The van der Waals surface area contributed by atoms with Gasteiger partial charge in [0.15, 0.2) is 0 Å². The Morgan fingerprint density at radius 2 is 1.44 bits per heavy atom. The number of hydrogen-bond donors (Lipinski definition) is 1. The van der Waals surface area contributed by atoms with Crippen molar-refractivity contribution >= 4 is 15.9 Å². The number of halogens is 7. The van der Waals surface area contributed by atoms with Gasteiger partial charge in [-0.2, -0.15) is 26.3 Å². The first-order valence-corrected chi connectivity index (χ1v) is 5.33. The summed E-state index contributed by atoms with van der Waals surface area (Å²) in [6, 6.07) is 2.95.